The molecule has 0 aliphatic heterocycles. The predicted octanol–water partition coefficient (Wildman–Crippen LogP) is -0.219. The number of hydrogen-bond acceptors (Lipinski definition) is 3. The van der Waals surface area contributed by atoms with Crippen molar-refractivity contribution in [2.45, 2.75) is 13.0 Å². The molecular formula is C11H14N2O4. The Morgan fingerprint density at radius 3 is 2.71 bits per heavy atom. The van der Waals surface area contributed by atoms with Gasteiger partial charge in [-0.1, -0.05) is 6.07 Å². The molecule has 0 spiro atoms. The van der Waals surface area contributed by atoms with Crippen LogP contribution in [0.25, 0.3) is 0 Å². The second-order valence-corrected chi connectivity index (χ2v) is 3.63. The van der Waals surface area contributed by atoms with E-state index in [4.69, 9.17) is 5.11 Å². The molecule has 0 saturated heterocycles. The van der Waals surface area contributed by atoms with E-state index in [1.807, 2.05) is 0 Å². The van der Waals surface area contributed by atoms with Crippen LogP contribution >= 0.6 is 0 Å². The van der Waals surface area contributed by atoms with Crippen LogP contribution in [0.15, 0.2) is 29.2 Å². The summed E-state index contributed by atoms with van der Waals surface area (Å²) >= 11 is 0. The van der Waals surface area contributed by atoms with Crippen molar-refractivity contribution in [2.75, 3.05) is 13.6 Å². The Bertz CT molecular complexity index is 467. The summed E-state index contributed by atoms with van der Waals surface area (Å²) in [6.07, 6.45) is 1.41. The van der Waals surface area contributed by atoms with Gasteiger partial charge in [-0.3, -0.25) is 14.4 Å². The first kappa shape index (κ1) is 13.0. The largest absolute Gasteiger partial charge is 0.481 e. The van der Waals surface area contributed by atoms with Crippen LogP contribution in [0.5, 0.6) is 0 Å². The number of pyridine rings is 1. The molecule has 1 amide bonds. The van der Waals surface area contributed by atoms with Gasteiger partial charge in [0.25, 0.3) is 5.56 Å². The fourth-order valence-corrected chi connectivity index (χ4v) is 1.25. The first-order valence-corrected chi connectivity index (χ1v) is 5.12. The molecule has 6 heteroatoms. The lowest BCUT2D eigenvalue weighted by Crippen LogP contribution is -2.34. The highest BCUT2D eigenvalue weighted by Crippen LogP contribution is 1.92. The average molecular weight is 238 g/mol. The first-order chi connectivity index (χ1) is 8.00. The normalized spacial score (nSPS) is 9.94. The third-order valence-corrected chi connectivity index (χ3v) is 2.29. The van der Waals surface area contributed by atoms with Gasteiger partial charge in [-0.05, 0) is 6.07 Å². The first-order valence-electron chi connectivity index (χ1n) is 5.12. The second kappa shape index (κ2) is 5.83. The number of aromatic nitrogens is 1. The minimum Gasteiger partial charge on any atom is -0.481 e. The lowest BCUT2D eigenvalue weighted by atomic mass is 10.4. The highest BCUT2D eigenvalue weighted by molar-refractivity contribution is 5.76. The van der Waals surface area contributed by atoms with E-state index >= 15 is 0 Å². The van der Waals surface area contributed by atoms with Crippen molar-refractivity contribution in [1.82, 2.24) is 9.47 Å². The zero-order chi connectivity index (χ0) is 12.8. The van der Waals surface area contributed by atoms with Gasteiger partial charge in [-0.25, -0.2) is 0 Å². The topological polar surface area (TPSA) is 79.6 Å². The second-order valence-electron chi connectivity index (χ2n) is 3.63. The number of likely N-dealkylation sites (N-methyl/N-ethyl adjacent to an activating group) is 1. The van der Waals surface area contributed by atoms with Crippen LogP contribution < -0.4 is 5.56 Å². The fraction of sp³-hybridized carbons (Fsp3) is 0.364. The molecule has 0 saturated carbocycles. The zero-order valence-electron chi connectivity index (χ0n) is 9.50. The Hall–Kier alpha value is -2.11. The minimum atomic E-state index is -0.957. The van der Waals surface area contributed by atoms with Gasteiger partial charge in [0.1, 0.15) is 6.54 Å². The highest BCUT2D eigenvalue weighted by Gasteiger charge is 2.11. The van der Waals surface area contributed by atoms with Crippen molar-refractivity contribution in [2.24, 2.45) is 0 Å². The van der Waals surface area contributed by atoms with Crippen LogP contribution in [0.3, 0.4) is 0 Å². The zero-order valence-corrected chi connectivity index (χ0v) is 9.50. The van der Waals surface area contributed by atoms with Gasteiger partial charge in [0, 0.05) is 25.9 Å². The van der Waals surface area contributed by atoms with Crippen LogP contribution in [0.4, 0.5) is 0 Å². The average Bonchev–Trinajstić information content (AvgIpc) is 2.28. The maximum Gasteiger partial charge on any atom is 0.305 e. The van der Waals surface area contributed by atoms with Crippen LogP contribution in [-0.2, 0) is 16.1 Å². The fourth-order valence-electron chi connectivity index (χ4n) is 1.25. The summed E-state index contributed by atoms with van der Waals surface area (Å²) in [5.41, 5.74) is -0.257. The van der Waals surface area contributed by atoms with E-state index < -0.39 is 5.97 Å². The number of aliphatic carboxylic acids is 1. The van der Waals surface area contributed by atoms with Gasteiger partial charge in [-0.15, -0.1) is 0 Å². The lowest BCUT2D eigenvalue weighted by molar-refractivity contribution is -0.138. The third-order valence-electron chi connectivity index (χ3n) is 2.29. The molecule has 0 atom stereocenters. The summed E-state index contributed by atoms with van der Waals surface area (Å²) in [7, 11) is 1.51. The molecule has 1 heterocycles. The Morgan fingerprint density at radius 1 is 1.41 bits per heavy atom. The molecule has 0 unspecified atom stereocenters. The molecule has 17 heavy (non-hydrogen) atoms. The number of rotatable bonds is 5. The molecule has 1 rings (SSSR count). The van der Waals surface area contributed by atoms with Gasteiger partial charge in [0.2, 0.25) is 5.91 Å². The molecule has 0 radical (unpaired) electrons. The number of hydrogen-bond donors (Lipinski definition) is 1. The van der Waals surface area contributed by atoms with E-state index in [-0.39, 0.29) is 31.0 Å². The van der Waals surface area contributed by atoms with Gasteiger partial charge >= 0.3 is 5.97 Å². The van der Waals surface area contributed by atoms with E-state index in [0.717, 1.165) is 0 Å². The minimum absolute atomic E-state index is 0.0736. The highest BCUT2D eigenvalue weighted by atomic mass is 16.4. The number of carboxylic acids is 1. The lowest BCUT2D eigenvalue weighted by Gasteiger charge is -2.16. The number of carbonyl (C=O) groups is 2. The van der Waals surface area contributed by atoms with E-state index in [0.29, 0.717) is 0 Å². The maximum atomic E-state index is 11.7. The van der Waals surface area contributed by atoms with Crippen LogP contribution in [-0.4, -0.2) is 40.0 Å². The summed E-state index contributed by atoms with van der Waals surface area (Å²) in [6, 6.07) is 4.62. The molecule has 0 aromatic carbocycles. The molecule has 6 nitrogen and oxygen atoms in total. The van der Waals surface area contributed by atoms with Gasteiger partial charge < -0.3 is 14.6 Å². The molecule has 92 valence electrons. The molecule has 1 aromatic rings. The van der Waals surface area contributed by atoms with Crippen molar-refractivity contribution >= 4 is 11.9 Å². The monoisotopic (exact) mass is 238 g/mol. The van der Waals surface area contributed by atoms with Crippen molar-refractivity contribution in [3.63, 3.8) is 0 Å². The van der Waals surface area contributed by atoms with Gasteiger partial charge in [-0.2, -0.15) is 0 Å². The SMILES string of the molecule is CN(CCC(=O)O)C(=O)Cn1ccccc1=O. The quantitative estimate of drug-likeness (QED) is 0.769. The van der Waals surface area contributed by atoms with Crippen LogP contribution in [0, 0.1) is 0 Å². The van der Waals surface area contributed by atoms with Crippen molar-refractivity contribution in [3.05, 3.63) is 34.7 Å². The Labute approximate surface area is 98.1 Å². The summed E-state index contributed by atoms with van der Waals surface area (Å²) in [6.45, 7) is 0.0611. The molecule has 0 aliphatic rings. The summed E-state index contributed by atoms with van der Waals surface area (Å²) < 4.78 is 1.28. The van der Waals surface area contributed by atoms with Crippen LogP contribution in [0.1, 0.15) is 6.42 Å². The smallest absolute Gasteiger partial charge is 0.305 e. The predicted molar refractivity (Wildman–Crippen MR) is 60.6 cm³/mol. The van der Waals surface area contributed by atoms with E-state index in [9.17, 15) is 14.4 Å². The Morgan fingerprint density at radius 2 is 2.12 bits per heavy atom. The van der Waals surface area contributed by atoms with Gasteiger partial charge in [0.15, 0.2) is 0 Å². The summed E-state index contributed by atoms with van der Waals surface area (Å²) in [5, 5.41) is 8.48. The van der Waals surface area contributed by atoms with Crippen molar-refractivity contribution in [3.8, 4) is 0 Å². The van der Waals surface area contributed by atoms with E-state index in [1.165, 1.54) is 28.8 Å². The molecule has 1 N–H and O–H groups in total. The third kappa shape index (κ3) is 4.10. The van der Waals surface area contributed by atoms with Crippen molar-refractivity contribution in [1.29, 1.82) is 0 Å². The van der Waals surface area contributed by atoms with E-state index in [1.54, 1.807) is 12.1 Å². The number of nitrogens with zero attached hydrogens (tertiary/aromatic N) is 2. The summed E-state index contributed by atoms with van der Waals surface area (Å²) in [5.74, 6) is -1.25. The molecular weight excluding hydrogens is 224 g/mol. The number of amides is 1. The molecule has 0 bridgehead atoms. The Balaban J connectivity index is 2.57. The van der Waals surface area contributed by atoms with Crippen LogP contribution in [0.2, 0.25) is 0 Å². The summed E-state index contributed by atoms with van der Waals surface area (Å²) in [4.78, 5) is 34.6. The number of carboxylic acid groups (broad SMARTS) is 1. The molecule has 1 aromatic heterocycles. The standard InChI is InChI=1S/C11H14N2O4/c1-12(7-5-11(16)17)10(15)8-13-6-3-2-4-9(13)14/h2-4,6H,5,7-8H2,1H3,(H,16,17). The van der Waals surface area contributed by atoms with Gasteiger partial charge in [0.05, 0.1) is 6.42 Å². The Kier molecular flexibility index (Phi) is 4.45. The molecule has 0 aliphatic carbocycles. The molecule has 0 fully saturated rings. The van der Waals surface area contributed by atoms with Crippen molar-refractivity contribution < 1.29 is 14.7 Å². The maximum absolute atomic E-state index is 11.7. The van der Waals surface area contributed by atoms with E-state index in [2.05, 4.69) is 0 Å². The number of carbonyl (C=O) groups excluding carboxylic acids is 1.